The van der Waals surface area contributed by atoms with Crippen LogP contribution in [0.15, 0.2) is 12.2 Å². The van der Waals surface area contributed by atoms with Crippen molar-refractivity contribution in [1.29, 1.82) is 0 Å². The van der Waals surface area contributed by atoms with E-state index in [1.54, 1.807) is 0 Å². The molecule has 1 fully saturated rings. The monoisotopic (exact) mass is 152 g/mol. The summed E-state index contributed by atoms with van der Waals surface area (Å²) in [6, 6.07) is 0. The van der Waals surface area contributed by atoms with Crippen LogP contribution in [0.4, 0.5) is 0 Å². The van der Waals surface area contributed by atoms with Crippen molar-refractivity contribution in [2.75, 3.05) is 6.61 Å². The Labute approximate surface area is 68.1 Å². The molecule has 11 heavy (non-hydrogen) atoms. The molecule has 2 bridgehead atoms. The molecule has 1 nitrogen and oxygen atoms in total. The molecule has 62 valence electrons. The largest absolute Gasteiger partial charge is 0.395 e. The first-order chi connectivity index (χ1) is 5.12. The first-order valence-electron chi connectivity index (χ1n) is 4.43. The van der Waals surface area contributed by atoms with Crippen LogP contribution in [0, 0.1) is 16.7 Å². The van der Waals surface area contributed by atoms with Crippen molar-refractivity contribution < 1.29 is 5.11 Å². The smallest absolute Gasteiger partial charge is 0.0527 e. The molecule has 0 aliphatic heterocycles. The average Bonchev–Trinajstić information content (AvgIpc) is 2.39. The van der Waals surface area contributed by atoms with Crippen molar-refractivity contribution >= 4 is 0 Å². The van der Waals surface area contributed by atoms with E-state index >= 15 is 0 Å². The fourth-order valence-corrected chi connectivity index (χ4v) is 2.74. The molecule has 1 heteroatoms. The normalized spacial score (nSPS) is 45.2. The van der Waals surface area contributed by atoms with Gasteiger partial charge in [0, 0.05) is 5.41 Å². The zero-order chi connectivity index (χ0) is 8.11. The van der Waals surface area contributed by atoms with E-state index in [2.05, 4.69) is 26.0 Å². The molecular formula is C10H16O. The fourth-order valence-electron chi connectivity index (χ4n) is 2.74. The number of hydrogen-bond acceptors (Lipinski definition) is 1. The van der Waals surface area contributed by atoms with Crippen molar-refractivity contribution in [2.45, 2.75) is 26.7 Å². The molecule has 0 radical (unpaired) electrons. The summed E-state index contributed by atoms with van der Waals surface area (Å²) in [6.07, 6.45) is 6.97. The van der Waals surface area contributed by atoms with E-state index in [0.717, 1.165) is 5.92 Å². The molecule has 0 aromatic carbocycles. The minimum absolute atomic E-state index is 0.123. The number of allylic oxidation sites excluding steroid dienone is 1. The molecule has 0 aromatic heterocycles. The first kappa shape index (κ1) is 7.35. The van der Waals surface area contributed by atoms with Crippen molar-refractivity contribution in [3.63, 3.8) is 0 Å². The SMILES string of the molecule is CC1(C)C2C=CC1(CO)CC2. The zero-order valence-electron chi connectivity index (χ0n) is 7.30. The average molecular weight is 152 g/mol. The predicted molar refractivity (Wildman–Crippen MR) is 45.2 cm³/mol. The Morgan fingerprint density at radius 3 is 2.45 bits per heavy atom. The van der Waals surface area contributed by atoms with Crippen molar-refractivity contribution in [1.82, 2.24) is 0 Å². The molecule has 2 rings (SSSR count). The number of aliphatic hydroxyl groups is 1. The van der Waals surface area contributed by atoms with Gasteiger partial charge in [0.15, 0.2) is 0 Å². The summed E-state index contributed by atoms with van der Waals surface area (Å²) >= 11 is 0. The third kappa shape index (κ3) is 0.652. The Morgan fingerprint density at radius 2 is 2.27 bits per heavy atom. The lowest BCUT2D eigenvalue weighted by atomic mass is 9.70. The lowest BCUT2D eigenvalue weighted by Gasteiger charge is -2.35. The van der Waals surface area contributed by atoms with Gasteiger partial charge in [-0.1, -0.05) is 26.0 Å². The van der Waals surface area contributed by atoms with Crippen LogP contribution in [-0.4, -0.2) is 11.7 Å². The molecule has 1 saturated carbocycles. The Balaban J connectivity index is 2.41. The molecular weight excluding hydrogens is 136 g/mol. The Bertz CT molecular complexity index is 205. The lowest BCUT2D eigenvalue weighted by molar-refractivity contribution is 0.0757. The van der Waals surface area contributed by atoms with Crippen LogP contribution in [0.25, 0.3) is 0 Å². The zero-order valence-corrected chi connectivity index (χ0v) is 7.30. The Hall–Kier alpha value is -0.300. The van der Waals surface area contributed by atoms with Crippen molar-refractivity contribution in [3.05, 3.63) is 12.2 Å². The van der Waals surface area contributed by atoms with E-state index in [1.807, 2.05) is 0 Å². The highest BCUT2D eigenvalue weighted by Gasteiger charge is 2.55. The molecule has 0 saturated heterocycles. The van der Waals surface area contributed by atoms with Crippen LogP contribution in [0.2, 0.25) is 0 Å². The summed E-state index contributed by atoms with van der Waals surface area (Å²) in [7, 11) is 0. The van der Waals surface area contributed by atoms with Gasteiger partial charge in [-0.05, 0) is 24.2 Å². The van der Waals surface area contributed by atoms with Crippen LogP contribution in [0.3, 0.4) is 0 Å². The number of hydrogen-bond donors (Lipinski definition) is 1. The quantitative estimate of drug-likeness (QED) is 0.569. The predicted octanol–water partition coefficient (Wildman–Crippen LogP) is 1.97. The highest BCUT2D eigenvalue weighted by atomic mass is 16.3. The topological polar surface area (TPSA) is 20.2 Å². The standard InChI is InChI=1S/C10H16O/c1-9(2)8-3-5-10(9,7-11)6-4-8/h3,5,8,11H,4,6-7H2,1-2H3. The summed E-state index contributed by atoms with van der Waals surface area (Å²) < 4.78 is 0. The van der Waals surface area contributed by atoms with Gasteiger partial charge in [-0.25, -0.2) is 0 Å². The maximum Gasteiger partial charge on any atom is 0.0527 e. The highest BCUT2D eigenvalue weighted by molar-refractivity contribution is 5.23. The van der Waals surface area contributed by atoms with Crippen LogP contribution < -0.4 is 0 Å². The van der Waals surface area contributed by atoms with E-state index in [0.29, 0.717) is 12.0 Å². The van der Waals surface area contributed by atoms with Gasteiger partial charge in [0.2, 0.25) is 0 Å². The Kier molecular flexibility index (Phi) is 1.26. The summed E-state index contributed by atoms with van der Waals surface area (Å²) in [5.74, 6) is 0.717. The van der Waals surface area contributed by atoms with Gasteiger partial charge >= 0.3 is 0 Å². The molecule has 2 atom stereocenters. The molecule has 2 aliphatic rings. The van der Waals surface area contributed by atoms with Gasteiger partial charge in [-0.15, -0.1) is 0 Å². The summed E-state index contributed by atoms with van der Waals surface area (Å²) in [5, 5.41) is 9.33. The van der Waals surface area contributed by atoms with Gasteiger partial charge in [-0.3, -0.25) is 0 Å². The van der Waals surface area contributed by atoms with Gasteiger partial charge in [0.25, 0.3) is 0 Å². The third-order valence-corrected chi connectivity index (χ3v) is 4.04. The van der Waals surface area contributed by atoms with E-state index in [9.17, 15) is 5.11 Å². The highest BCUT2D eigenvalue weighted by Crippen LogP contribution is 2.61. The van der Waals surface area contributed by atoms with Crippen LogP contribution in [0.1, 0.15) is 26.7 Å². The second-order valence-corrected chi connectivity index (χ2v) is 4.54. The van der Waals surface area contributed by atoms with Gasteiger partial charge in [0.1, 0.15) is 0 Å². The molecule has 0 amide bonds. The van der Waals surface area contributed by atoms with Gasteiger partial charge in [0.05, 0.1) is 6.61 Å². The molecule has 0 spiro atoms. The minimum atomic E-state index is 0.123. The maximum absolute atomic E-state index is 9.33. The maximum atomic E-state index is 9.33. The third-order valence-electron chi connectivity index (χ3n) is 4.04. The molecule has 0 aromatic rings. The summed E-state index contributed by atoms with van der Waals surface area (Å²) in [5.41, 5.74) is 0.430. The number of fused-ring (bicyclic) bond motifs is 2. The lowest BCUT2D eigenvalue weighted by Crippen LogP contribution is -2.33. The fraction of sp³-hybridized carbons (Fsp3) is 0.800. The molecule has 2 aliphatic carbocycles. The summed E-state index contributed by atoms with van der Waals surface area (Å²) in [6.45, 7) is 4.88. The second-order valence-electron chi connectivity index (χ2n) is 4.54. The first-order valence-corrected chi connectivity index (χ1v) is 4.43. The van der Waals surface area contributed by atoms with Crippen molar-refractivity contribution in [3.8, 4) is 0 Å². The van der Waals surface area contributed by atoms with Gasteiger partial charge < -0.3 is 5.11 Å². The van der Waals surface area contributed by atoms with Crippen LogP contribution in [0.5, 0.6) is 0 Å². The molecule has 1 N–H and O–H groups in total. The number of aliphatic hydroxyl groups excluding tert-OH is 1. The van der Waals surface area contributed by atoms with Crippen LogP contribution in [-0.2, 0) is 0 Å². The van der Waals surface area contributed by atoms with Gasteiger partial charge in [-0.2, -0.15) is 0 Å². The van der Waals surface area contributed by atoms with E-state index in [-0.39, 0.29) is 5.41 Å². The van der Waals surface area contributed by atoms with E-state index in [4.69, 9.17) is 0 Å². The molecule has 2 unspecified atom stereocenters. The van der Waals surface area contributed by atoms with E-state index < -0.39 is 0 Å². The van der Waals surface area contributed by atoms with Crippen molar-refractivity contribution in [2.24, 2.45) is 16.7 Å². The Morgan fingerprint density at radius 1 is 1.55 bits per heavy atom. The summed E-state index contributed by atoms with van der Waals surface area (Å²) in [4.78, 5) is 0. The minimum Gasteiger partial charge on any atom is -0.395 e. The van der Waals surface area contributed by atoms with Crippen LogP contribution >= 0.6 is 0 Å². The van der Waals surface area contributed by atoms with E-state index in [1.165, 1.54) is 12.8 Å². The second kappa shape index (κ2) is 1.89. The number of rotatable bonds is 1. The molecule has 0 heterocycles.